The molecule has 5 nitrogen and oxygen atoms in total. The van der Waals surface area contributed by atoms with Crippen molar-refractivity contribution in [2.24, 2.45) is 0 Å². The Morgan fingerprint density at radius 1 is 1.39 bits per heavy atom. The monoisotopic (exact) mass is 264 g/mol. The fraction of sp³-hybridized carbons (Fsp3) is 0.167. The molecule has 0 aliphatic rings. The maximum atomic E-state index is 11.2. The van der Waals surface area contributed by atoms with Gasteiger partial charge in [-0.2, -0.15) is 0 Å². The van der Waals surface area contributed by atoms with Crippen LogP contribution in [0, 0.1) is 6.92 Å². The second-order valence-electron chi connectivity index (χ2n) is 3.77. The second-order valence-corrected chi connectivity index (χ2v) is 4.20. The highest BCUT2D eigenvalue weighted by molar-refractivity contribution is 6.30. The lowest BCUT2D eigenvalue weighted by atomic mass is 10.3. The molecule has 0 aliphatic heterocycles. The molecular formula is C12H13ClN4O. The van der Waals surface area contributed by atoms with Crippen LogP contribution in [0.1, 0.15) is 5.69 Å². The van der Waals surface area contributed by atoms with Gasteiger partial charge in [-0.3, -0.25) is 5.32 Å². The maximum Gasteiger partial charge on any atom is 0.320 e. The van der Waals surface area contributed by atoms with Crippen LogP contribution in [0.15, 0.2) is 30.3 Å². The van der Waals surface area contributed by atoms with E-state index in [0.717, 1.165) is 11.4 Å². The average Bonchev–Trinajstić information content (AvgIpc) is 2.70. The number of hydrogen-bond acceptors (Lipinski definition) is 2. The van der Waals surface area contributed by atoms with Gasteiger partial charge in [-0.05, 0) is 25.1 Å². The van der Waals surface area contributed by atoms with Gasteiger partial charge in [0, 0.05) is 23.8 Å². The highest BCUT2D eigenvalue weighted by atomic mass is 35.5. The number of benzene rings is 1. The smallest absolute Gasteiger partial charge is 0.320 e. The van der Waals surface area contributed by atoms with E-state index in [1.54, 1.807) is 23.9 Å². The number of nitrogens with one attached hydrogen (secondary N) is 2. The van der Waals surface area contributed by atoms with Gasteiger partial charge in [0.1, 0.15) is 0 Å². The molecule has 0 aliphatic carbocycles. The lowest BCUT2D eigenvalue weighted by Crippen LogP contribution is -2.24. The number of carbonyl (C=O) groups excluding carboxylic acids is 1. The van der Waals surface area contributed by atoms with Crippen LogP contribution in [0.25, 0.3) is 5.69 Å². The van der Waals surface area contributed by atoms with Crippen LogP contribution >= 0.6 is 11.6 Å². The minimum Gasteiger partial charge on any atom is -0.341 e. The Labute approximate surface area is 110 Å². The Balaban J connectivity index is 2.32. The molecule has 1 aromatic heterocycles. The number of halogens is 1. The molecule has 0 saturated carbocycles. The number of rotatable bonds is 2. The molecule has 18 heavy (non-hydrogen) atoms. The van der Waals surface area contributed by atoms with E-state index in [9.17, 15) is 4.79 Å². The standard InChI is InChI=1S/C12H13ClN4O/c1-8-6-11(15-12(18)14-2)16-17(8)10-5-3-4-9(13)7-10/h3-7H,1-2H3,(H2,14,15,16,18). The molecule has 0 radical (unpaired) electrons. The molecule has 6 heteroatoms. The van der Waals surface area contributed by atoms with Crippen LogP contribution in [-0.2, 0) is 0 Å². The third-order valence-corrected chi connectivity index (χ3v) is 2.64. The van der Waals surface area contributed by atoms with Crippen LogP contribution < -0.4 is 10.6 Å². The molecule has 0 saturated heterocycles. The molecule has 2 amide bonds. The van der Waals surface area contributed by atoms with E-state index in [2.05, 4.69) is 15.7 Å². The second kappa shape index (κ2) is 5.10. The quantitative estimate of drug-likeness (QED) is 0.876. The molecule has 1 aromatic carbocycles. The summed E-state index contributed by atoms with van der Waals surface area (Å²) in [4.78, 5) is 11.2. The topological polar surface area (TPSA) is 59.0 Å². The highest BCUT2D eigenvalue weighted by Gasteiger charge is 2.08. The van der Waals surface area contributed by atoms with Crippen molar-refractivity contribution >= 4 is 23.4 Å². The van der Waals surface area contributed by atoms with Crippen LogP contribution in [0.2, 0.25) is 5.02 Å². The van der Waals surface area contributed by atoms with Crippen molar-refractivity contribution in [1.29, 1.82) is 0 Å². The van der Waals surface area contributed by atoms with Crippen molar-refractivity contribution in [3.8, 4) is 5.69 Å². The van der Waals surface area contributed by atoms with Crippen molar-refractivity contribution in [2.45, 2.75) is 6.92 Å². The van der Waals surface area contributed by atoms with Gasteiger partial charge >= 0.3 is 6.03 Å². The van der Waals surface area contributed by atoms with Gasteiger partial charge in [-0.1, -0.05) is 17.7 Å². The first-order valence-corrected chi connectivity index (χ1v) is 5.79. The molecule has 0 spiro atoms. The summed E-state index contributed by atoms with van der Waals surface area (Å²) in [6.07, 6.45) is 0. The van der Waals surface area contributed by atoms with Gasteiger partial charge in [-0.15, -0.1) is 5.10 Å². The summed E-state index contributed by atoms with van der Waals surface area (Å²) >= 11 is 5.94. The fourth-order valence-electron chi connectivity index (χ4n) is 1.58. The van der Waals surface area contributed by atoms with E-state index < -0.39 is 0 Å². The molecule has 2 N–H and O–H groups in total. The Morgan fingerprint density at radius 3 is 2.83 bits per heavy atom. The summed E-state index contributed by atoms with van der Waals surface area (Å²) in [7, 11) is 1.55. The van der Waals surface area contributed by atoms with Crippen LogP contribution in [0.5, 0.6) is 0 Å². The van der Waals surface area contributed by atoms with E-state index in [0.29, 0.717) is 10.8 Å². The zero-order chi connectivity index (χ0) is 13.1. The molecule has 0 bridgehead atoms. The maximum absolute atomic E-state index is 11.2. The Hall–Kier alpha value is -2.01. The molecule has 2 aromatic rings. The number of hydrogen-bond donors (Lipinski definition) is 2. The van der Waals surface area contributed by atoms with Gasteiger partial charge in [0.05, 0.1) is 5.69 Å². The van der Waals surface area contributed by atoms with Gasteiger partial charge in [0.15, 0.2) is 5.82 Å². The summed E-state index contributed by atoms with van der Waals surface area (Å²) in [5.74, 6) is 0.492. The number of anilines is 1. The summed E-state index contributed by atoms with van der Waals surface area (Å²) in [5, 5.41) is 10.0. The molecule has 1 heterocycles. The lowest BCUT2D eigenvalue weighted by molar-refractivity contribution is 0.254. The molecule has 94 valence electrons. The van der Waals surface area contributed by atoms with Crippen molar-refractivity contribution in [3.63, 3.8) is 0 Å². The van der Waals surface area contributed by atoms with E-state index >= 15 is 0 Å². The first-order chi connectivity index (χ1) is 8.60. The van der Waals surface area contributed by atoms with E-state index in [1.807, 2.05) is 25.1 Å². The van der Waals surface area contributed by atoms with E-state index in [-0.39, 0.29) is 6.03 Å². The number of aryl methyl sites for hydroxylation is 1. The Kier molecular flexibility index (Phi) is 3.53. The molecule has 0 atom stereocenters. The molecule has 2 rings (SSSR count). The zero-order valence-electron chi connectivity index (χ0n) is 10.1. The van der Waals surface area contributed by atoms with Crippen LogP contribution in [0.4, 0.5) is 10.6 Å². The Bertz CT molecular complexity index is 579. The minimum atomic E-state index is -0.300. The average molecular weight is 265 g/mol. The Morgan fingerprint density at radius 2 is 2.17 bits per heavy atom. The van der Waals surface area contributed by atoms with Gasteiger partial charge < -0.3 is 5.32 Å². The number of amides is 2. The highest BCUT2D eigenvalue weighted by Crippen LogP contribution is 2.18. The van der Waals surface area contributed by atoms with Crippen molar-refractivity contribution in [3.05, 3.63) is 41.0 Å². The normalized spacial score (nSPS) is 10.2. The fourth-order valence-corrected chi connectivity index (χ4v) is 1.77. The number of carbonyl (C=O) groups is 1. The largest absolute Gasteiger partial charge is 0.341 e. The predicted octanol–water partition coefficient (Wildman–Crippen LogP) is 2.59. The summed E-state index contributed by atoms with van der Waals surface area (Å²) in [6, 6.07) is 8.85. The van der Waals surface area contributed by atoms with E-state index in [4.69, 9.17) is 11.6 Å². The van der Waals surface area contributed by atoms with Crippen LogP contribution in [0.3, 0.4) is 0 Å². The SMILES string of the molecule is CNC(=O)Nc1cc(C)n(-c2cccc(Cl)c2)n1. The molecule has 0 unspecified atom stereocenters. The van der Waals surface area contributed by atoms with E-state index in [1.165, 1.54) is 0 Å². The first kappa shape index (κ1) is 12.4. The minimum absolute atomic E-state index is 0.300. The van der Waals surface area contributed by atoms with Gasteiger partial charge in [0.2, 0.25) is 0 Å². The van der Waals surface area contributed by atoms with Crippen molar-refractivity contribution in [1.82, 2.24) is 15.1 Å². The lowest BCUT2D eigenvalue weighted by Gasteiger charge is -2.04. The number of nitrogens with zero attached hydrogens (tertiary/aromatic N) is 2. The summed E-state index contributed by atoms with van der Waals surface area (Å²) in [5.41, 5.74) is 1.76. The third kappa shape index (κ3) is 2.62. The number of urea groups is 1. The van der Waals surface area contributed by atoms with Crippen molar-refractivity contribution in [2.75, 3.05) is 12.4 Å². The van der Waals surface area contributed by atoms with Crippen LogP contribution in [-0.4, -0.2) is 22.9 Å². The number of aromatic nitrogens is 2. The summed E-state index contributed by atoms with van der Waals surface area (Å²) in [6.45, 7) is 1.91. The van der Waals surface area contributed by atoms with Gasteiger partial charge in [-0.25, -0.2) is 9.48 Å². The first-order valence-electron chi connectivity index (χ1n) is 5.41. The molecular weight excluding hydrogens is 252 g/mol. The predicted molar refractivity (Wildman–Crippen MR) is 71.4 cm³/mol. The third-order valence-electron chi connectivity index (χ3n) is 2.41. The van der Waals surface area contributed by atoms with Crippen molar-refractivity contribution < 1.29 is 4.79 Å². The zero-order valence-corrected chi connectivity index (χ0v) is 10.8. The van der Waals surface area contributed by atoms with Gasteiger partial charge in [0.25, 0.3) is 0 Å². The summed E-state index contributed by atoms with van der Waals surface area (Å²) < 4.78 is 1.72. The molecule has 0 fully saturated rings.